The second-order valence-corrected chi connectivity index (χ2v) is 9.85. The molecule has 5 amide bonds. The number of urea groups is 1. The summed E-state index contributed by atoms with van der Waals surface area (Å²) in [7, 11) is 0. The van der Waals surface area contributed by atoms with E-state index in [-0.39, 0.29) is 60.6 Å². The first-order chi connectivity index (χ1) is 17.5. The number of barbiturate groups is 1. The fraction of sp³-hybridized carbons (Fsp3) is 0.522. The van der Waals surface area contributed by atoms with Crippen molar-refractivity contribution in [3.63, 3.8) is 0 Å². The molecule has 1 aromatic heterocycles. The van der Waals surface area contributed by atoms with Crippen LogP contribution in [0.3, 0.4) is 0 Å². The van der Waals surface area contributed by atoms with Crippen LogP contribution in [0.5, 0.6) is 0 Å². The van der Waals surface area contributed by atoms with Gasteiger partial charge in [-0.3, -0.25) is 25.0 Å². The molecule has 1 aromatic carbocycles. The molecule has 5 heterocycles. The molecule has 6 rings (SSSR count). The molecule has 11 nitrogen and oxygen atoms in total. The fourth-order valence-corrected chi connectivity index (χ4v) is 6.00. The van der Waals surface area contributed by atoms with Crippen LogP contribution in [0.25, 0.3) is 11.0 Å². The number of amides is 5. The topological polar surface area (TPSA) is 134 Å². The molecule has 0 radical (unpaired) electrons. The van der Waals surface area contributed by atoms with Gasteiger partial charge >= 0.3 is 6.03 Å². The second-order valence-electron chi connectivity index (χ2n) is 9.85. The van der Waals surface area contributed by atoms with E-state index < -0.39 is 65.9 Å². The molecule has 0 saturated carbocycles. The SMILES string of the molecule is C[C@@H]1OCCN2c3c(cc4c(C(=O)N5CCC(F)(F)CC5)noc4c3F)CC3(C(=O)NC(=O)NC3=O)[C@@H]12. The van der Waals surface area contributed by atoms with Crippen molar-refractivity contribution < 1.29 is 41.6 Å². The van der Waals surface area contributed by atoms with Crippen LogP contribution in [0, 0.1) is 11.2 Å². The highest BCUT2D eigenvalue weighted by Gasteiger charge is 2.63. The number of piperidine rings is 1. The van der Waals surface area contributed by atoms with Gasteiger partial charge in [0.1, 0.15) is 0 Å². The van der Waals surface area contributed by atoms with Crippen LogP contribution < -0.4 is 15.5 Å². The van der Waals surface area contributed by atoms with Crippen molar-refractivity contribution in [3.05, 3.63) is 23.1 Å². The number of aromatic nitrogens is 1. The van der Waals surface area contributed by atoms with Crippen molar-refractivity contribution in [1.82, 2.24) is 20.7 Å². The van der Waals surface area contributed by atoms with Gasteiger partial charge in [0.25, 0.3) is 11.8 Å². The Hall–Kier alpha value is -3.68. The van der Waals surface area contributed by atoms with Gasteiger partial charge in [0.2, 0.25) is 17.4 Å². The summed E-state index contributed by atoms with van der Waals surface area (Å²) in [5.41, 5.74) is -2.05. The minimum absolute atomic E-state index is 0.00111. The van der Waals surface area contributed by atoms with Gasteiger partial charge in [0.15, 0.2) is 16.9 Å². The van der Waals surface area contributed by atoms with Gasteiger partial charge in [-0.05, 0) is 18.6 Å². The molecule has 0 aliphatic carbocycles. The quantitative estimate of drug-likeness (QED) is 0.537. The average molecular weight is 521 g/mol. The summed E-state index contributed by atoms with van der Waals surface area (Å²) in [4.78, 5) is 54.1. The number of hydrogen-bond acceptors (Lipinski definition) is 8. The molecule has 1 spiro atoms. The number of carbonyl (C=O) groups excluding carboxylic acids is 4. The van der Waals surface area contributed by atoms with Crippen LogP contribution in [0.4, 0.5) is 23.7 Å². The number of halogens is 3. The van der Waals surface area contributed by atoms with E-state index in [0.717, 1.165) is 0 Å². The third-order valence-corrected chi connectivity index (χ3v) is 7.76. The summed E-state index contributed by atoms with van der Waals surface area (Å²) in [6.45, 7) is 1.59. The zero-order valence-corrected chi connectivity index (χ0v) is 19.6. The van der Waals surface area contributed by atoms with Crippen molar-refractivity contribution in [2.24, 2.45) is 5.41 Å². The predicted octanol–water partition coefficient (Wildman–Crippen LogP) is 1.34. The van der Waals surface area contributed by atoms with Crippen molar-refractivity contribution >= 4 is 40.4 Å². The number of rotatable bonds is 1. The summed E-state index contributed by atoms with van der Waals surface area (Å²) < 4.78 is 54.1. The zero-order chi connectivity index (χ0) is 26.3. The van der Waals surface area contributed by atoms with Crippen LogP contribution in [0.1, 0.15) is 35.8 Å². The summed E-state index contributed by atoms with van der Waals surface area (Å²) in [6.07, 6.45) is -1.96. The lowest BCUT2D eigenvalue weighted by atomic mass is 9.66. The second kappa shape index (κ2) is 7.91. The van der Waals surface area contributed by atoms with Crippen molar-refractivity contribution in [1.29, 1.82) is 0 Å². The highest BCUT2D eigenvalue weighted by Crippen LogP contribution is 2.48. The van der Waals surface area contributed by atoms with Crippen molar-refractivity contribution in [2.45, 2.75) is 44.3 Å². The summed E-state index contributed by atoms with van der Waals surface area (Å²) in [6, 6.07) is -0.457. The first-order valence-electron chi connectivity index (χ1n) is 11.9. The number of nitrogens with one attached hydrogen (secondary N) is 2. The van der Waals surface area contributed by atoms with E-state index in [1.807, 2.05) is 0 Å². The van der Waals surface area contributed by atoms with Crippen LogP contribution in [0.15, 0.2) is 10.6 Å². The van der Waals surface area contributed by atoms with E-state index >= 15 is 4.39 Å². The number of alkyl halides is 2. The van der Waals surface area contributed by atoms with Gasteiger partial charge in [-0.25, -0.2) is 18.0 Å². The van der Waals surface area contributed by atoms with Gasteiger partial charge in [0, 0.05) is 38.9 Å². The molecule has 14 heteroatoms. The number of carbonyl (C=O) groups is 4. The Morgan fingerprint density at radius 1 is 1.14 bits per heavy atom. The minimum Gasteiger partial charge on any atom is -0.374 e. The van der Waals surface area contributed by atoms with Gasteiger partial charge in [-0.2, -0.15) is 0 Å². The van der Waals surface area contributed by atoms with E-state index in [0.29, 0.717) is 0 Å². The molecular weight excluding hydrogens is 499 g/mol. The van der Waals surface area contributed by atoms with E-state index in [2.05, 4.69) is 15.8 Å². The standard InChI is InChI=1S/C23H22F3N5O6/c1-10-17-23(19(33)27-21(35)28-20(23)34)9-11-8-12-14(18(32)30-4-2-22(25,26)3-5-30)29-37-16(12)13(24)15(11)31(17)6-7-36-10/h8,10,17H,2-7,9H2,1H3,(H2,27,28,33,34,35)/t10-,17+/m0/s1. The highest BCUT2D eigenvalue weighted by atomic mass is 19.3. The lowest BCUT2D eigenvalue weighted by molar-refractivity contribution is -0.151. The van der Waals surface area contributed by atoms with E-state index in [1.54, 1.807) is 11.8 Å². The Kier molecular flexibility index (Phi) is 5.07. The Morgan fingerprint density at radius 2 is 1.81 bits per heavy atom. The molecular formula is C23H22F3N5O6. The lowest BCUT2D eigenvalue weighted by Crippen LogP contribution is -2.74. The van der Waals surface area contributed by atoms with Gasteiger partial charge < -0.3 is 19.1 Å². The third-order valence-electron chi connectivity index (χ3n) is 7.76. The smallest absolute Gasteiger partial charge is 0.328 e. The Morgan fingerprint density at radius 3 is 2.49 bits per heavy atom. The molecule has 0 unspecified atom stereocenters. The molecule has 196 valence electrons. The largest absolute Gasteiger partial charge is 0.374 e. The molecule has 0 bridgehead atoms. The molecule has 2 aromatic rings. The van der Waals surface area contributed by atoms with Gasteiger partial charge in [0.05, 0.1) is 29.8 Å². The van der Waals surface area contributed by atoms with E-state index in [4.69, 9.17) is 9.26 Å². The van der Waals surface area contributed by atoms with E-state index in [1.165, 1.54) is 11.0 Å². The highest BCUT2D eigenvalue weighted by molar-refractivity contribution is 6.20. The Balaban J connectivity index is 1.47. The van der Waals surface area contributed by atoms with Gasteiger partial charge in [-0.1, -0.05) is 5.16 Å². The average Bonchev–Trinajstić information content (AvgIpc) is 3.26. The summed E-state index contributed by atoms with van der Waals surface area (Å²) in [5, 5.41) is 8.05. The fourth-order valence-electron chi connectivity index (χ4n) is 6.00. The minimum atomic E-state index is -2.86. The molecule has 4 aliphatic rings. The number of benzene rings is 1. The van der Waals surface area contributed by atoms with Crippen LogP contribution in [0.2, 0.25) is 0 Å². The molecule has 3 fully saturated rings. The molecule has 37 heavy (non-hydrogen) atoms. The van der Waals surface area contributed by atoms with E-state index in [9.17, 15) is 28.0 Å². The maximum Gasteiger partial charge on any atom is 0.328 e. The van der Waals surface area contributed by atoms with Crippen LogP contribution >= 0.6 is 0 Å². The molecule has 2 N–H and O–H groups in total. The Bertz CT molecular complexity index is 1350. The number of morpholine rings is 1. The number of nitrogens with zero attached hydrogens (tertiary/aromatic N) is 3. The number of likely N-dealkylation sites (tertiary alicyclic amines) is 1. The maximum absolute atomic E-state index is 16.0. The number of imide groups is 2. The number of fused-ring (bicyclic) bond motifs is 5. The van der Waals surface area contributed by atoms with Crippen LogP contribution in [-0.2, 0) is 20.7 Å². The van der Waals surface area contributed by atoms with Crippen LogP contribution in [-0.4, -0.2) is 78.1 Å². The maximum atomic E-state index is 16.0. The normalized spacial score (nSPS) is 26.5. The summed E-state index contributed by atoms with van der Waals surface area (Å²) >= 11 is 0. The zero-order valence-electron chi connectivity index (χ0n) is 19.6. The Labute approximate surface area is 207 Å². The predicted molar refractivity (Wildman–Crippen MR) is 118 cm³/mol. The number of ether oxygens (including phenoxy) is 1. The van der Waals surface area contributed by atoms with Crippen molar-refractivity contribution in [3.8, 4) is 0 Å². The first-order valence-corrected chi connectivity index (χ1v) is 11.9. The summed E-state index contributed by atoms with van der Waals surface area (Å²) in [5.74, 6) is -6.05. The number of hydrogen-bond donors (Lipinski definition) is 2. The lowest BCUT2D eigenvalue weighted by Gasteiger charge is -2.54. The van der Waals surface area contributed by atoms with Gasteiger partial charge in [-0.15, -0.1) is 0 Å². The first kappa shape index (κ1) is 23.7. The third kappa shape index (κ3) is 3.34. The molecule has 2 atom stereocenters. The molecule has 4 aliphatic heterocycles. The molecule has 3 saturated heterocycles. The monoisotopic (exact) mass is 521 g/mol. The van der Waals surface area contributed by atoms with Crippen molar-refractivity contribution in [2.75, 3.05) is 31.1 Å². The number of anilines is 1.